The minimum Gasteiger partial charge on any atom is -0.355 e. The van der Waals surface area contributed by atoms with Crippen LogP contribution in [0.25, 0.3) is 22.2 Å². The second kappa shape index (κ2) is 7.91. The average Bonchev–Trinajstić information content (AvgIpc) is 3.17. The van der Waals surface area contributed by atoms with Crippen molar-refractivity contribution >= 4 is 10.9 Å². The number of hydrogen-bond donors (Lipinski definition) is 1. The third kappa shape index (κ3) is 3.87. The fourth-order valence-electron chi connectivity index (χ4n) is 4.55. The van der Waals surface area contributed by atoms with Crippen molar-refractivity contribution in [2.45, 2.75) is 51.9 Å². The molecule has 0 aliphatic heterocycles. The van der Waals surface area contributed by atoms with E-state index in [4.69, 9.17) is 0 Å². The molecule has 1 N–H and O–H groups in total. The Morgan fingerprint density at radius 2 is 1.45 bits per heavy atom. The molecule has 0 fully saturated rings. The number of unbranched alkanes of at least 4 members (excludes halogenated alkanes) is 1. The fraction of sp³-hybridized carbons (Fsp3) is 0.286. The van der Waals surface area contributed by atoms with Crippen LogP contribution in [0.4, 0.5) is 0 Å². The van der Waals surface area contributed by atoms with Crippen molar-refractivity contribution in [1.29, 1.82) is 0 Å². The lowest BCUT2D eigenvalue weighted by Crippen LogP contribution is -2.00. The van der Waals surface area contributed by atoms with Gasteiger partial charge in [0.15, 0.2) is 0 Å². The number of nitrogens with one attached hydrogen (secondary N) is 1. The van der Waals surface area contributed by atoms with Crippen LogP contribution in [0, 0.1) is 0 Å². The van der Waals surface area contributed by atoms with E-state index in [1.165, 1.54) is 69.2 Å². The van der Waals surface area contributed by atoms with Crippen LogP contribution in [0.3, 0.4) is 0 Å². The van der Waals surface area contributed by atoms with Gasteiger partial charge in [0.25, 0.3) is 0 Å². The Bertz CT molecular complexity index is 1130. The highest BCUT2D eigenvalue weighted by atomic mass is 14.7. The summed E-state index contributed by atoms with van der Waals surface area (Å²) in [6.45, 7) is 2.26. The van der Waals surface area contributed by atoms with Gasteiger partial charge in [-0.15, -0.1) is 0 Å². The molecule has 0 atom stereocenters. The lowest BCUT2D eigenvalue weighted by Gasteiger charge is -2.14. The molecule has 8 rings (SSSR count). The van der Waals surface area contributed by atoms with Crippen LogP contribution in [-0.2, 0) is 32.1 Å². The van der Waals surface area contributed by atoms with E-state index in [1.54, 1.807) is 0 Å². The maximum Gasteiger partial charge on any atom is 0.0467 e. The van der Waals surface area contributed by atoms with Gasteiger partial charge in [-0.3, -0.25) is 0 Å². The summed E-state index contributed by atoms with van der Waals surface area (Å²) >= 11 is 0. The van der Waals surface area contributed by atoms with Gasteiger partial charge in [-0.2, -0.15) is 0 Å². The second-order valence-electron chi connectivity index (χ2n) is 8.52. The van der Waals surface area contributed by atoms with Crippen LogP contribution in [-0.4, -0.2) is 4.98 Å². The summed E-state index contributed by atoms with van der Waals surface area (Å²) in [5.41, 5.74) is 11.1. The molecule has 4 aliphatic rings. The molecule has 4 aliphatic carbocycles. The predicted octanol–water partition coefficient (Wildman–Crippen LogP) is 7.06. The number of hydrogen-bond acceptors (Lipinski definition) is 0. The summed E-state index contributed by atoms with van der Waals surface area (Å²) in [5.74, 6) is 0. The Balaban J connectivity index is 1.53. The van der Waals surface area contributed by atoms with Crippen LogP contribution < -0.4 is 0 Å². The zero-order valence-electron chi connectivity index (χ0n) is 17.3. The van der Waals surface area contributed by atoms with E-state index in [9.17, 15) is 0 Å². The Morgan fingerprint density at radius 1 is 0.724 bits per heavy atom. The number of fused-ring (bicyclic) bond motifs is 1. The van der Waals surface area contributed by atoms with Gasteiger partial charge >= 0.3 is 0 Å². The number of aryl methyl sites for hydroxylation is 5. The number of H-pyrrole nitrogens is 1. The molecule has 0 saturated heterocycles. The van der Waals surface area contributed by atoms with Crippen molar-refractivity contribution in [1.82, 2.24) is 4.98 Å². The Morgan fingerprint density at radius 3 is 2.24 bits per heavy atom. The Labute approximate surface area is 173 Å². The van der Waals surface area contributed by atoms with Crippen molar-refractivity contribution in [2.75, 3.05) is 0 Å². The topological polar surface area (TPSA) is 15.8 Å². The first-order chi connectivity index (χ1) is 14.3. The SMILES string of the molecule is CCCCc1ccc2[nH]c(-c3cc4ccc3CCc3ccc(cc3)CC4)cc2c1. The van der Waals surface area contributed by atoms with Gasteiger partial charge in [-0.1, -0.05) is 55.8 Å². The first-order valence-electron chi connectivity index (χ1n) is 11.1. The molecule has 3 aromatic carbocycles. The summed E-state index contributed by atoms with van der Waals surface area (Å²) in [6, 6.07) is 25.6. The highest BCUT2D eigenvalue weighted by Crippen LogP contribution is 2.30. The lowest BCUT2D eigenvalue weighted by molar-refractivity contribution is 0.796. The van der Waals surface area contributed by atoms with E-state index in [0.29, 0.717) is 0 Å². The molecule has 0 radical (unpaired) electrons. The maximum absolute atomic E-state index is 3.70. The largest absolute Gasteiger partial charge is 0.355 e. The predicted molar refractivity (Wildman–Crippen MR) is 124 cm³/mol. The van der Waals surface area contributed by atoms with Crippen molar-refractivity contribution in [3.05, 3.63) is 94.5 Å². The quantitative estimate of drug-likeness (QED) is 0.390. The van der Waals surface area contributed by atoms with E-state index in [0.717, 1.165) is 25.7 Å². The summed E-state index contributed by atoms with van der Waals surface area (Å²) < 4.78 is 0. The molecule has 4 bridgehead atoms. The Kier molecular flexibility index (Phi) is 4.97. The van der Waals surface area contributed by atoms with E-state index in [1.807, 2.05) is 0 Å². The van der Waals surface area contributed by atoms with Gasteiger partial charge in [-0.25, -0.2) is 0 Å². The molecular weight excluding hydrogens is 350 g/mol. The molecule has 146 valence electrons. The van der Waals surface area contributed by atoms with E-state index in [-0.39, 0.29) is 0 Å². The molecule has 1 heteroatoms. The highest BCUT2D eigenvalue weighted by Gasteiger charge is 2.12. The van der Waals surface area contributed by atoms with Crippen LogP contribution in [0.2, 0.25) is 0 Å². The standard InChI is InChI=1S/C28H29N/c1-2-3-4-22-13-16-27-25(17-22)19-28(29-27)26-18-23-10-9-20-5-7-21(8-6-20)11-14-24(26)15-12-23/h5-8,12-13,15-19,29H,2-4,9-11,14H2,1H3. The van der Waals surface area contributed by atoms with Crippen molar-refractivity contribution in [3.8, 4) is 11.3 Å². The molecule has 1 aromatic heterocycles. The fourth-order valence-corrected chi connectivity index (χ4v) is 4.55. The average molecular weight is 380 g/mol. The van der Waals surface area contributed by atoms with E-state index < -0.39 is 0 Å². The van der Waals surface area contributed by atoms with Crippen LogP contribution in [0.15, 0.2) is 66.7 Å². The maximum atomic E-state index is 3.70. The smallest absolute Gasteiger partial charge is 0.0467 e. The van der Waals surface area contributed by atoms with E-state index in [2.05, 4.69) is 78.6 Å². The summed E-state index contributed by atoms with van der Waals surface area (Å²) in [5, 5.41) is 1.33. The molecule has 0 amide bonds. The van der Waals surface area contributed by atoms with Crippen LogP contribution in [0.1, 0.15) is 47.6 Å². The van der Waals surface area contributed by atoms with E-state index >= 15 is 0 Å². The third-order valence-corrected chi connectivity index (χ3v) is 6.38. The first kappa shape index (κ1) is 18.2. The van der Waals surface area contributed by atoms with Crippen molar-refractivity contribution in [2.24, 2.45) is 0 Å². The van der Waals surface area contributed by atoms with Crippen LogP contribution >= 0.6 is 0 Å². The van der Waals surface area contributed by atoms with Crippen LogP contribution in [0.5, 0.6) is 0 Å². The summed E-state index contributed by atoms with van der Waals surface area (Å²) in [7, 11) is 0. The number of aromatic nitrogens is 1. The van der Waals surface area contributed by atoms with Crippen molar-refractivity contribution in [3.63, 3.8) is 0 Å². The number of benzene rings is 3. The molecule has 1 nitrogen and oxygen atoms in total. The molecule has 4 aromatic rings. The minimum absolute atomic E-state index is 1.08. The first-order valence-corrected chi connectivity index (χ1v) is 11.1. The zero-order valence-corrected chi connectivity index (χ0v) is 17.3. The molecule has 1 heterocycles. The van der Waals surface area contributed by atoms with Gasteiger partial charge in [-0.05, 0) is 90.6 Å². The lowest BCUT2D eigenvalue weighted by atomic mass is 9.92. The normalized spacial score (nSPS) is 13.6. The van der Waals surface area contributed by atoms with Gasteiger partial charge < -0.3 is 4.98 Å². The van der Waals surface area contributed by atoms with Gasteiger partial charge in [0.2, 0.25) is 0 Å². The zero-order chi connectivity index (χ0) is 19.6. The number of rotatable bonds is 4. The monoisotopic (exact) mass is 379 g/mol. The Hall–Kier alpha value is -2.80. The van der Waals surface area contributed by atoms with Gasteiger partial charge in [0.1, 0.15) is 0 Å². The molecular formula is C28H29N. The summed E-state index contributed by atoms with van der Waals surface area (Å²) in [6.07, 6.45) is 8.04. The van der Waals surface area contributed by atoms with Crippen molar-refractivity contribution < 1.29 is 0 Å². The minimum atomic E-state index is 1.08. The molecule has 0 spiro atoms. The molecule has 0 unspecified atom stereocenters. The molecule has 29 heavy (non-hydrogen) atoms. The number of aromatic amines is 1. The highest BCUT2D eigenvalue weighted by molar-refractivity contribution is 5.87. The summed E-state index contributed by atoms with van der Waals surface area (Å²) in [4.78, 5) is 3.70. The second-order valence-corrected chi connectivity index (χ2v) is 8.52. The van der Waals surface area contributed by atoms with Gasteiger partial charge in [0.05, 0.1) is 0 Å². The third-order valence-electron chi connectivity index (χ3n) is 6.38. The molecule has 0 saturated carbocycles. The van der Waals surface area contributed by atoms with Gasteiger partial charge in [0, 0.05) is 22.2 Å².